The second kappa shape index (κ2) is 9.36. The van der Waals surface area contributed by atoms with Gasteiger partial charge in [-0.05, 0) is 23.8 Å². The van der Waals surface area contributed by atoms with Gasteiger partial charge in [-0.15, -0.1) is 11.3 Å². The highest BCUT2D eigenvalue weighted by molar-refractivity contribution is 7.09. The third-order valence-corrected chi connectivity index (χ3v) is 5.84. The minimum absolute atomic E-state index is 0.0263. The van der Waals surface area contributed by atoms with Crippen LogP contribution in [0.5, 0.6) is 23.0 Å². The number of methoxy groups -OCH3 is 2. The maximum atomic E-state index is 11.7. The van der Waals surface area contributed by atoms with E-state index in [0.29, 0.717) is 25.3 Å². The zero-order chi connectivity index (χ0) is 21.8. The van der Waals surface area contributed by atoms with E-state index in [4.69, 9.17) is 18.9 Å². The number of nitrogens with zero attached hydrogens (tertiary/aromatic N) is 2. The summed E-state index contributed by atoms with van der Waals surface area (Å²) in [6.07, 6.45) is 0. The normalized spacial score (nSPS) is 12.3. The molecule has 0 aliphatic carbocycles. The smallest absolute Gasteiger partial charge is 0.231 e. The van der Waals surface area contributed by atoms with Crippen molar-refractivity contribution in [3.8, 4) is 23.0 Å². The molecule has 0 saturated carbocycles. The Morgan fingerprint density at radius 1 is 1.06 bits per heavy atom. The number of fused-ring (bicyclic) bond motifs is 1. The fraction of sp³-hybridized carbons (Fsp3) is 0.304. The van der Waals surface area contributed by atoms with Gasteiger partial charge in [-0.2, -0.15) is 0 Å². The van der Waals surface area contributed by atoms with E-state index in [1.807, 2.05) is 41.8 Å². The van der Waals surface area contributed by atoms with Crippen LogP contribution >= 0.6 is 11.3 Å². The fourth-order valence-electron chi connectivity index (χ4n) is 3.43. The second-order valence-corrected chi connectivity index (χ2v) is 8.14. The molecule has 0 saturated heterocycles. The van der Waals surface area contributed by atoms with E-state index in [0.717, 1.165) is 39.1 Å². The van der Waals surface area contributed by atoms with Gasteiger partial charge in [0, 0.05) is 37.0 Å². The minimum Gasteiger partial charge on any atom is -0.497 e. The second-order valence-electron chi connectivity index (χ2n) is 7.19. The largest absolute Gasteiger partial charge is 0.497 e. The highest BCUT2D eigenvalue weighted by Gasteiger charge is 2.18. The predicted molar refractivity (Wildman–Crippen MR) is 117 cm³/mol. The van der Waals surface area contributed by atoms with Crippen molar-refractivity contribution < 1.29 is 23.7 Å². The number of thiazole rings is 1. The molecule has 4 rings (SSSR count). The van der Waals surface area contributed by atoms with E-state index in [1.54, 1.807) is 14.2 Å². The Labute approximate surface area is 185 Å². The van der Waals surface area contributed by atoms with Crippen molar-refractivity contribution in [1.82, 2.24) is 9.88 Å². The first-order valence-corrected chi connectivity index (χ1v) is 10.7. The summed E-state index contributed by atoms with van der Waals surface area (Å²) in [5, 5.41) is 2.70. The van der Waals surface area contributed by atoms with Crippen LogP contribution < -0.4 is 18.9 Å². The predicted octanol–water partition coefficient (Wildman–Crippen LogP) is 4.29. The summed E-state index contributed by atoms with van der Waals surface area (Å²) in [5.74, 6) is 3.00. The molecular weight excluding hydrogens is 416 g/mol. The molecule has 0 spiro atoms. The van der Waals surface area contributed by atoms with Crippen molar-refractivity contribution >= 4 is 17.1 Å². The average Bonchev–Trinajstić information content (AvgIpc) is 3.43. The van der Waals surface area contributed by atoms with Gasteiger partial charge in [-0.25, -0.2) is 4.98 Å². The summed E-state index contributed by atoms with van der Waals surface area (Å²) in [7, 11) is 3.29. The van der Waals surface area contributed by atoms with E-state index < -0.39 is 0 Å². The van der Waals surface area contributed by atoms with Crippen LogP contribution in [-0.4, -0.2) is 36.7 Å². The number of carbonyl (C=O) groups is 1. The van der Waals surface area contributed by atoms with Crippen LogP contribution in [0.15, 0.2) is 41.8 Å². The average molecular weight is 441 g/mol. The molecule has 0 N–H and O–H groups in total. The van der Waals surface area contributed by atoms with E-state index in [1.165, 1.54) is 18.3 Å². The van der Waals surface area contributed by atoms with Gasteiger partial charge in [0.25, 0.3) is 0 Å². The van der Waals surface area contributed by atoms with Crippen molar-refractivity contribution in [3.05, 3.63) is 63.6 Å². The standard InChI is InChI=1S/C23H24N2O5S/c1-15(26)19-13-31-23(24-19)12-25(10-16-4-7-20-22(8-16)30-14-29-20)11-17-5-6-18(27-2)9-21(17)28-3/h4-9,13H,10-12,14H2,1-3H3. The van der Waals surface area contributed by atoms with Crippen molar-refractivity contribution in [2.75, 3.05) is 21.0 Å². The molecule has 2 aromatic carbocycles. The third kappa shape index (κ3) is 4.98. The molecule has 0 amide bonds. The highest BCUT2D eigenvalue weighted by atomic mass is 32.1. The van der Waals surface area contributed by atoms with Crippen LogP contribution in [0.25, 0.3) is 0 Å². The lowest BCUT2D eigenvalue weighted by Crippen LogP contribution is -2.22. The number of aromatic nitrogens is 1. The molecule has 0 unspecified atom stereocenters. The molecule has 7 nitrogen and oxygen atoms in total. The van der Waals surface area contributed by atoms with Crippen LogP contribution in [0.3, 0.4) is 0 Å². The molecule has 1 aromatic heterocycles. The van der Waals surface area contributed by atoms with Gasteiger partial charge in [0.2, 0.25) is 6.79 Å². The monoisotopic (exact) mass is 440 g/mol. The lowest BCUT2D eigenvalue weighted by atomic mass is 10.1. The Balaban J connectivity index is 1.59. The first-order valence-electron chi connectivity index (χ1n) is 9.83. The first-order chi connectivity index (χ1) is 15.1. The van der Waals surface area contributed by atoms with Crippen LogP contribution in [0, 0.1) is 0 Å². The van der Waals surface area contributed by atoms with Crippen LogP contribution in [0.2, 0.25) is 0 Å². The molecule has 162 valence electrons. The Morgan fingerprint density at radius 2 is 1.90 bits per heavy atom. The van der Waals surface area contributed by atoms with E-state index in [-0.39, 0.29) is 12.6 Å². The zero-order valence-electron chi connectivity index (χ0n) is 17.7. The molecule has 0 radical (unpaired) electrons. The molecule has 8 heteroatoms. The quantitative estimate of drug-likeness (QED) is 0.460. The summed E-state index contributed by atoms with van der Waals surface area (Å²) in [6, 6.07) is 11.8. The molecule has 1 aliphatic rings. The number of ether oxygens (including phenoxy) is 4. The number of Topliss-reactive ketones (excluding diaryl/α,β-unsaturated/α-hetero) is 1. The van der Waals surface area contributed by atoms with E-state index in [2.05, 4.69) is 9.88 Å². The van der Waals surface area contributed by atoms with Crippen LogP contribution in [-0.2, 0) is 19.6 Å². The topological polar surface area (TPSA) is 70.1 Å². The molecule has 3 aromatic rings. The summed E-state index contributed by atoms with van der Waals surface area (Å²) in [6.45, 7) is 3.68. The molecular formula is C23H24N2O5S. The highest BCUT2D eigenvalue weighted by Crippen LogP contribution is 2.33. The Bertz CT molecular complexity index is 1080. The number of carbonyl (C=O) groups excluding carboxylic acids is 1. The fourth-order valence-corrected chi connectivity index (χ4v) is 4.30. The Morgan fingerprint density at radius 3 is 2.65 bits per heavy atom. The van der Waals surface area contributed by atoms with Gasteiger partial charge in [0.05, 0.1) is 20.8 Å². The van der Waals surface area contributed by atoms with Gasteiger partial charge in [-0.3, -0.25) is 9.69 Å². The van der Waals surface area contributed by atoms with Crippen molar-refractivity contribution in [1.29, 1.82) is 0 Å². The van der Waals surface area contributed by atoms with Gasteiger partial charge < -0.3 is 18.9 Å². The minimum atomic E-state index is -0.0263. The number of hydrogen-bond acceptors (Lipinski definition) is 8. The number of hydrogen-bond donors (Lipinski definition) is 0. The summed E-state index contributed by atoms with van der Waals surface area (Å²) in [4.78, 5) is 18.4. The van der Waals surface area contributed by atoms with Crippen molar-refractivity contribution in [3.63, 3.8) is 0 Å². The van der Waals surface area contributed by atoms with Crippen molar-refractivity contribution in [2.24, 2.45) is 0 Å². The summed E-state index contributed by atoms with van der Waals surface area (Å²) < 4.78 is 21.8. The Kier molecular flexibility index (Phi) is 6.39. The lowest BCUT2D eigenvalue weighted by Gasteiger charge is -2.23. The van der Waals surface area contributed by atoms with Crippen molar-refractivity contribution in [2.45, 2.75) is 26.6 Å². The van der Waals surface area contributed by atoms with Gasteiger partial charge >= 0.3 is 0 Å². The first kappa shape index (κ1) is 21.1. The zero-order valence-corrected chi connectivity index (χ0v) is 18.5. The number of ketones is 1. The summed E-state index contributed by atoms with van der Waals surface area (Å²) in [5.41, 5.74) is 2.64. The number of benzene rings is 2. The molecule has 0 bridgehead atoms. The molecule has 1 aliphatic heterocycles. The molecule has 2 heterocycles. The van der Waals surface area contributed by atoms with E-state index in [9.17, 15) is 4.79 Å². The van der Waals surface area contributed by atoms with Crippen LogP contribution in [0.1, 0.15) is 33.5 Å². The summed E-state index contributed by atoms with van der Waals surface area (Å²) >= 11 is 1.49. The molecule has 0 atom stereocenters. The lowest BCUT2D eigenvalue weighted by molar-refractivity contribution is 0.101. The van der Waals surface area contributed by atoms with Crippen LogP contribution in [0.4, 0.5) is 0 Å². The maximum Gasteiger partial charge on any atom is 0.231 e. The number of rotatable bonds is 9. The molecule has 0 fully saturated rings. The Hall–Kier alpha value is -3.10. The van der Waals surface area contributed by atoms with E-state index >= 15 is 0 Å². The third-order valence-electron chi connectivity index (χ3n) is 5.00. The van der Waals surface area contributed by atoms with Gasteiger partial charge in [0.15, 0.2) is 17.3 Å². The maximum absolute atomic E-state index is 11.7. The van der Waals surface area contributed by atoms with Gasteiger partial charge in [0.1, 0.15) is 22.2 Å². The SMILES string of the molecule is COc1ccc(CN(Cc2ccc3c(c2)OCO3)Cc2nc(C(C)=O)cs2)c(OC)c1. The molecule has 31 heavy (non-hydrogen) atoms. The van der Waals surface area contributed by atoms with Gasteiger partial charge in [-0.1, -0.05) is 12.1 Å².